The molecule has 0 saturated carbocycles. The first-order valence-electron chi connectivity index (χ1n) is 11.4. The average molecular weight is 486 g/mol. The fraction of sp³-hybridized carbons (Fsp3) is 0.148. The van der Waals surface area contributed by atoms with Gasteiger partial charge in [-0.1, -0.05) is 24.3 Å². The Bertz CT molecular complexity index is 1310. The fourth-order valence-corrected chi connectivity index (χ4v) is 4.74. The molecule has 176 valence electrons. The molecule has 2 aromatic heterocycles. The van der Waals surface area contributed by atoms with Crippen molar-refractivity contribution >= 4 is 28.9 Å². The Labute approximate surface area is 208 Å². The van der Waals surface area contributed by atoms with E-state index in [1.54, 1.807) is 18.3 Å². The number of halogens is 1. The number of thiocarbonyl (C=S) groups is 1. The number of anilines is 1. The van der Waals surface area contributed by atoms with Gasteiger partial charge in [-0.15, -0.1) is 0 Å². The van der Waals surface area contributed by atoms with Crippen LogP contribution in [0.3, 0.4) is 0 Å². The zero-order valence-corrected chi connectivity index (χ0v) is 19.7. The van der Waals surface area contributed by atoms with Crippen LogP contribution in [-0.2, 0) is 4.79 Å². The molecule has 1 aliphatic rings. The van der Waals surface area contributed by atoms with Crippen molar-refractivity contribution in [2.75, 3.05) is 11.9 Å². The molecule has 0 unspecified atom stereocenters. The molecule has 5 rings (SSSR count). The Balaban J connectivity index is 1.45. The molecule has 1 aliphatic heterocycles. The van der Waals surface area contributed by atoms with E-state index in [-0.39, 0.29) is 30.2 Å². The topological polar surface area (TPSA) is 62.2 Å². The molecule has 6 nitrogen and oxygen atoms in total. The number of para-hydroxylation sites is 1. The number of pyridine rings is 1. The van der Waals surface area contributed by atoms with Crippen molar-refractivity contribution in [3.8, 4) is 5.69 Å². The van der Waals surface area contributed by atoms with Crippen LogP contribution in [0.15, 0.2) is 97.3 Å². The van der Waals surface area contributed by atoms with Crippen LogP contribution in [-0.4, -0.2) is 32.0 Å². The van der Waals surface area contributed by atoms with Crippen molar-refractivity contribution in [2.45, 2.75) is 18.5 Å². The second-order valence-corrected chi connectivity index (χ2v) is 8.65. The molecule has 2 aromatic carbocycles. The van der Waals surface area contributed by atoms with Crippen LogP contribution in [0.25, 0.3) is 5.69 Å². The lowest BCUT2D eigenvalue weighted by Crippen LogP contribution is -2.33. The normalized spacial score (nSPS) is 17.3. The molecule has 2 atom stereocenters. The lowest BCUT2D eigenvalue weighted by atomic mass is 10.0. The molecule has 0 bridgehead atoms. The van der Waals surface area contributed by atoms with Crippen LogP contribution < -0.4 is 10.6 Å². The van der Waals surface area contributed by atoms with Crippen molar-refractivity contribution in [3.63, 3.8) is 0 Å². The molecular weight excluding hydrogens is 461 g/mol. The van der Waals surface area contributed by atoms with E-state index in [0.29, 0.717) is 11.7 Å². The van der Waals surface area contributed by atoms with Crippen LogP contribution >= 0.6 is 12.2 Å². The first-order valence-corrected chi connectivity index (χ1v) is 11.8. The van der Waals surface area contributed by atoms with Gasteiger partial charge in [0.05, 0.1) is 17.8 Å². The number of aromatic nitrogens is 2. The molecule has 4 aromatic rings. The van der Waals surface area contributed by atoms with Crippen LogP contribution in [0.4, 0.5) is 10.1 Å². The van der Waals surface area contributed by atoms with Gasteiger partial charge in [0, 0.05) is 42.4 Å². The van der Waals surface area contributed by atoms with Crippen LogP contribution in [0.2, 0.25) is 0 Å². The van der Waals surface area contributed by atoms with Crippen molar-refractivity contribution < 1.29 is 9.18 Å². The predicted molar refractivity (Wildman–Crippen MR) is 138 cm³/mol. The summed E-state index contributed by atoms with van der Waals surface area (Å²) in [6.07, 6.45) is 3.96. The van der Waals surface area contributed by atoms with Gasteiger partial charge in [0.2, 0.25) is 5.91 Å². The van der Waals surface area contributed by atoms with E-state index in [9.17, 15) is 9.18 Å². The van der Waals surface area contributed by atoms with Crippen LogP contribution in [0.1, 0.15) is 29.9 Å². The number of nitrogens with one attached hydrogen (secondary N) is 2. The number of carbonyl (C=O) groups is 1. The van der Waals surface area contributed by atoms with Crippen molar-refractivity contribution in [1.82, 2.24) is 19.8 Å². The molecule has 2 N–H and O–H groups in total. The van der Waals surface area contributed by atoms with Gasteiger partial charge in [-0.2, -0.15) is 0 Å². The van der Waals surface area contributed by atoms with Crippen LogP contribution in [0, 0.1) is 5.82 Å². The first-order chi connectivity index (χ1) is 17.1. The summed E-state index contributed by atoms with van der Waals surface area (Å²) in [4.78, 5) is 19.3. The molecule has 1 saturated heterocycles. The highest BCUT2D eigenvalue weighted by Gasteiger charge is 2.41. The summed E-state index contributed by atoms with van der Waals surface area (Å²) in [7, 11) is 0. The SMILES string of the molecule is O=C(CCN1C(=S)N[C@H](c2ccccn2)[C@H]1c1cccn1-c1ccc(F)cc1)Nc1ccccc1. The number of nitrogens with zero attached hydrogens (tertiary/aromatic N) is 3. The highest BCUT2D eigenvalue weighted by Crippen LogP contribution is 2.39. The van der Waals surface area contributed by atoms with E-state index in [4.69, 9.17) is 12.2 Å². The maximum atomic E-state index is 13.6. The molecule has 3 heterocycles. The fourth-order valence-electron chi connectivity index (χ4n) is 4.41. The minimum Gasteiger partial charge on any atom is -0.352 e. The average Bonchev–Trinajstić information content (AvgIpc) is 3.48. The van der Waals surface area contributed by atoms with E-state index in [2.05, 4.69) is 15.6 Å². The van der Waals surface area contributed by atoms with Gasteiger partial charge >= 0.3 is 0 Å². The molecule has 0 radical (unpaired) electrons. The van der Waals surface area contributed by atoms with Gasteiger partial charge in [0.15, 0.2) is 5.11 Å². The predicted octanol–water partition coefficient (Wildman–Crippen LogP) is 5.01. The standard InChI is InChI=1S/C27H24FN5OS/c28-19-11-13-21(14-12-19)32-17-6-10-23(32)26-25(22-9-4-5-16-29-22)31-27(35)33(26)18-15-24(34)30-20-7-2-1-3-8-20/h1-14,16-17,25-26H,15,18H2,(H,30,34)(H,31,35)/t25-,26-/m1/s1. The van der Waals surface area contributed by atoms with Gasteiger partial charge < -0.3 is 20.1 Å². The Morgan fingerprint density at radius 1 is 1.00 bits per heavy atom. The van der Waals surface area contributed by atoms with E-state index < -0.39 is 0 Å². The molecule has 1 amide bonds. The number of hydrogen-bond acceptors (Lipinski definition) is 3. The van der Waals surface area contributed by atoms with E-state index in [1.807, 2.05) is 76.3 Å². The number of hydrogen-bond donors (Lipinski definition) is 2. The summed E-state index contributed by atoms with van der Waals surface area (Å²) in [6, 6.07) is 25.1. The minimum absolute atomic E-state index is 0.0899. The quantitative estimate of drug-likeness (QED) is 0.360. The summed E-state index contributed by atoms with van der Waals surface area (Å²) in [5.74, 6) is -0.378. The molecule has 1 fully saturated rings. The highest BCUT2D eigenvalue weighted by molar-refractivity contribution is 7.80. The maximum absolute atomic E-state index is 13.6. The van der Waals surface area contributed by atoms with Gasteiger partial charge in [-0.05, 0) is 72.9 Å². The van der Waals surface area contributed by atoms with Gasteiger partial charge in [-0.3, -0.25) is 9.78 Å². The van der Waals surface area contributed by atoms with E-state index in [1.165, 1.54) is 12.1 Å². The molecule has 8 heteroatoms. The Hall–Kier alpha value is -4.04. The highest BCUT2D eigenvalue weighted by atomic mass is 32.1. The smallest absolute Gasteiger partial charge is 0.226 e. The van der Waals surface area contributed by atoms with Gasteiger partial charge in [0.25, 0.3) is 0 Å². The zero-order chi connectivity index (χ0) is 24.2. The molecular formula is C27H24FN5OS. The van der Waals surface area contributed by atoms with Crippen molar-refractivity contribution in [1.29, 1.82) is 0 Å². The van der Waals surface area contributed by atoms with Gasteiger partial charge in [-0.25, -0.2) is 4.39 Å². The first kappa shape index (κ1) is 22.7. The summed E-state index contributed by atoms with van der Waals surface area (Å²) in [5.41, 5.74) is 3.41. The number of benzene rings is 2. The summed E-state index contributed by atoms with van der Waals surface area (Å²) < 4.78 is 15.6. The minimum atomic E-state index is -0.288. The zero-order valence-electron chi connectivity index (χ0n) is 18.8. The molecule has 0 spiro atoms. The second-order valence-electron chi connectivity index (χ2n) is 8.26. The van der Waals surface area contributed by atoms with Crippen LogP contribution in [0.5, 0.6) is 0 Å². The lowest BCUT2D eigenvalue weighted by Gasteiger charge is -2.28. The largest absolute Gasteiger partial charge is 0.352 e. The number of carbonyl (C=O) groups excluding carboxylic acids is 1. The third kappa shape index (κ3) is 4.93. The van der Waals surface area contributed by atoms with Gasteiger partial charge in [0.1, 0.15) is 5.82 Å². The Morgan fingerprint density at radius 2 is 1.77 bits per heavy atom. The maximum Gasteiger partial charge on any atom is 0.226 e. The number of rotatable bonds is 7. The lowest BCUT2D eigenvalue weighted by molar-refractivity contribution is -0.116. The summed E-state index contributed by atoms with van der Waals surface area (Å²) in [5, 5.41) is 6.90. The van der Waals surface area contributed by atoms with Crippen molar-refractivity contribution in [3.05, 3.63) is 115 Å². The molecule has 35 heavy (non-hydrogen) atoms. The van der Waals surface area contributed by atoms with E-state index >= 15 is 0 Å². The molecule has 0 aliphatic carbocycles. The Kier molecular flexibility index (Phi) is 6.54. The summed E-state index contributed by atoms with van der Waals surface area (Å²) >= 11 is 5.72. The monoisotopic (exact) mass is 485 g/mol. The second kappa shape index (κ2) is 10.1. The van der Waals surface area contributed by atoms with Crippen molar-refractivity contribution in [2.24, 2.45) is 0 Å². The third-order valence-corrected chi connectivity index (χ3v) is 6.38. The van der Waals surface area contributed by atoms with E-state index in [0.717, 1.165) is 22.8 Å². The third-order valence-electron chi connectivity index (χ3n) is 6.02. The summed E-state index contributed by atoms with van der Waals surface area (Å²) in [6.45, 7) is 0.424. The Morgan fingerprint density at radius 3 is 2.51 bits per heavy atom. The number of amides is 1.